The lowest BCUT2D eigenvalue weighted by Crippen LogP contribution is -2.39. The first-order valence-corrected chi connectivity index (χ1v) is 5.75. The number of hydrogen-bond acceptors (Lipinski definition) is 3. The predicted octanol–water partition coefficient (Wildman–Crippen LogP) is 0.624. The van der Waals surface area contributed by atoms with E-state index in [2.05, 4.69) is 5.10 Å². The molecule has 16 heavy (non-hydrogen) atoms. The summed E-state index contributed by atoms with van der Waals surface area (Å²) in [5.41, 5.74) is 0. The Morgan fingerprint density at radius 3 is 2.62 bits per heavy atom. The van der Waals surface area contributed by atoms with Crippen molar-refractivity contribution in [3.05, 3.63) is 11.6 Å². The molecule has 1 heterocycles. The molecular formula is C11H20N3O2+. The molecule has 1 aromatic rings. The maximum absolute atomic E-state index is 11.4. The zero-order chi connectivity index (χ0) is 12.1. The van der Waals surface area contributed by atoms with Crippen molar-refractivity contribution in [2.24, 2.45) is 0 Å². The van der Waals surface area contributed by atoms with E-state index in [0.717, 1.165) is 24.7 Å². The highest BCUT2D eigenvalue weighted by Gasteiger charge is 2.23. The number of rotatable bonds is 5. The van der Waals surface area contributed by atoms with Gasteiger partial charge in [-0.3, -0.25) is 4.79 Å². The van der Waals surface area contributed by atoms with Crippen LogP contribution in [0.2, 0.25) is 0 Å². The average molecular weight is 226 g/mol. The second kappa shape index (κ2) is 5.63. The minimum atomic E-state index is -0.217. The van der Waals surface area contributed by atoms with Crippen molar-refractivity contribution >= 4 is 5.97 Å². The molecule has 0 amide bonds. The molecular weight excluding hydrogens is 206 g/mol. The molecule has 0 aliphatic heterocycles. The van der Waals surface area contributed by atoms with E-state index in [1.807, 2.05) is 36.9 Å². The second-order valence-corrected chi connectivity index (χ2v) is 3.51. The maximum Gasteiger partial charge on any atom is 0.316 e. The number of carbonyl (C=O) groups is 1. The predicted molar refractivity (Wildman–Crippen MR) is 58.8 cm³/mol. The fourth-order valence-corrected chi connectivity index (χ4v) is 1.77. The third kappa shape index (κ3) is 2.59. The van der Waals surface area contributed by atoms with E-state index in [4.69, 9.17) is 4.74 Å². The SMILES string of the molecule is CCOC(=O)Cc1nn(CC)c(C)[n+]1CC. The second-order valence-electron chi connectivity index (χ2n) is 3.51. The molecule has 0 spiro atoms. The molecule has 5 heteroatoms. The van der Waals surface area contributed by atoms with Crippen molar-refractivity contribution in [2.75, 3.05) is 6.61 Å². The van der Waals surface area contributed by atoms with Crippen LogP contribution in [0.15, 0.2) is 0 Å². The molecule has 0 aromatic carbocycles. The molecule has 0 saturated carbocycles. The van der Waals surface area contributed by atoms with Crippen LogP contribution in [0.3, 0.4) is 0 Å². The Morgan fingerprint density at radius 2 is 2.12 bits per heavy atom. The summed E-state index contributed by atoms with van der Waals surface area (Å²) < 4.78 is 8.87. The zero-order valence-electron chi connectivity index (χ0n) is 10.5. The Bertz CT molecular complexity index is 372. The van der Waals surface area contributed by atoms with E-state index < -0.39 is 0 Å². The van der Waals surface area contributed by atoms with Gasteiger partial charge in [0, 0.05) is 12.0 Å². The van der Waals surface area contributed by atoms with Crippen LogP contribution in [0.1, 0.15) is 32.4 Å². The van der Waals surface area contributed by atoms with Crippen molar-refractivity contribution in [2.45, 2.75) is 47.2 Å². The van der Waals surface area contributed by atoms with Gasteiger partial charge in [-0.2, -0.15) is 0 Å². The summed E-state index contributed by atoms with van der Waals surface area (Å²) in [7, 11) is 0. The monoisotopic (exact) mass is 226 g/mol. The van der Waals surface area contributed by atoms with Gasteiger partial charge in [0.05, 0.1) is 13.2 Å². The number of aryl methyl sites for hydroxylation is 1. The molecule has 0 aliphatic rings. The number of aromatic nitrogens is 3. The van der Waals surface area contributed by atoms with E-state index in [0.29, 0.717) is 6.61 Å². The molecule has 90 valence electrons. The Labute approximate surface area is 96.0 Å². The smallest absolute Gasteiger partial charge is 0.316 e. The highest BCUT2D eigenvalue weighted by atomic mass is 16.5. The standard InChI is InChI=1S/C11H20N3O2/c1-5-13-9(4)14(6-2)12-10(13)8-11(15)16-7-3/h5-8H2,1-4H3/q+1. The van der Waals surface area contributed by atoms with Gasteiger partial charge in [0.15, 0.2) is 0 Å². The number of nitrogens with zero attached hydrogens (tertiary/aromatic N) is 3. The Hall–Kier alpha value is -1.39. The lowest BCUT2D eigenvalue weighted by molar-refractivity contribution is -0.706. The Morgan fingerprint density at radius 1 is 1.44 bits per heavy atom. The Kier molecular flexibility index (Phi) is 4.46. The van der Waals surface area contributed by atoms with Gasteiger partial charge in [0.25, 0.3) is 5.82 Å². The van der Waals surface area contributed by atoms with Gasteiger partial charge >= 0.3 is 5.97 Å². The lowest BCUT2D eigenvalue weighted by atomic mass is 10.4. The van der Waals surface area contributed by atoms with Crippen LogP contribution >= 0.6 is 0 Å². The van der Waals surface area contributed by atoms with Crippen molar-refractivity contribution in [3.8, 4) is 0 Å². The molecule has 0 fully saturated rings. The largest absolute Gasteiger partial charge is 0.466 e. The summed E-state index contributed by atoms with van der Waals surface area (Å²) in [5.74, 6) is 1.63. The van der Waals surface area contributed by atoms with Gasteiger partial charge in [-0.25, -0.2) is 4.57 Å². The molecule has 5 nitrogen and oxygen atoms in total. The topological polar surface area (TPSA) is 48.0 Å². The summed E-state index contributed by atoms with van der Waals surface area (Å²) in [6.07, 6.45) is 0.246. The fraction of sp³-hybridized carbons (Fsp3) is 0.727. The van der Waals surface area contributed by atoms with Crippen molar-refractivity contribution in [3.63, 3.8) is 0 Å². The minimum Gasteiger partial charge on any atom is -0.466 e. The van der Waals surface area contributed by atoms with Crippen LogP contribution in [-0.4, -0.2) is 22.4 Å². The first kappa shape index (κ1) is 12.7. The third-order valence-corrected chi connectivity index (χ3v) is 2.54. The number of hydrogen-bond donors (Lipinski definition) is 0. The summed E-state index contributed by atoms with van der Waals surface area (Å²) in [5, 5.41) is 4.40. The maximum atomic E-state index is 11.4. The van der Waals surface area contributed by atoms with Gasteiger partial charge in [-0.15, -0.1) is 4.68 Å². The van der Waals surface area contributed by atoms with E-state index in [1.54, 1.807) is 0 Å². The lowest BCUT2D eigenvalue weighted by Gasteiger charge is -1.99. The Balaban J connectivity index is 2.90. The molecule has 1 aromatic heterocycles. The molecule has 0 bridgehead atoms. The van der Waals surface area contributed by atoms with Gasteiger partial charge in [-0.05, 0) is 20.8 Å². The van der Waals surface area contributed by atoms with Crippen LogP contribution in [0.4, 0.5) is 0 Å². The summed E-state index contributed by atoms with van der Waals surface area (Å²) in [6.45, 7) is 9.95. The quantitative estimate of drug-likeness (QED) is 0.546. The van der Waals surface area contributed by atoms with Gasteiger partial charge in [-0.1, -0.05) is 0 Å². The van der Waals surface area contributed by atoms with Crippen LogP contribution in [0, 0.1) is 6.92 Å². The third-order valence-electron chi connectivity index (χ3n) is 2.54. The highest BCUT2D eigenvalue weighted by molar-refractivity contribution is 5.71. The number of carbonyl (C=O) groups excluding carboxylic acids is 1. The molecule has 0 aliphatic carbocycles. The van der Waals surface area contributed by atoms with Crippen LogP contribution in [0.5, 0.6) is 0 Å². The number of esters is 1. The average Bonchev–Trinajstić information content (AvgIpc) is 2.54. The van der Waals surface area contributed by atoms with Gasteiger partial charge < -0.3 is 4.74 Å². The molecule has 0 unspecified atom stereocenters. The van der Waals surface area contributed by atoms with Crippen LogP contribution in [0.25, 0.3) is 0 Å². The van der Waals surface area contributed by atoms with E-state index >= 15 is 0 Å². The summed E-state index contributed by atoms with van der Waals surface area (Å²) >= 11 is 0. The molecule has 0 N–H and O–H groups in total. The van der Waals surface area contributed by atoms with E-state index in [1.165, 1.54) is 0 Å². The summed E-state index contributed by atoms with van der Waals surface area (Å²) in [6, 6.07) is 0. The highest BCUT2D eigenvalue weighted by Crippen LogP contribution is 1.98. The number of ether oxygens (including phenoxy) is 1. The van der Waals surface area contributed by atoms with Gasteiger partial charge in [0.2, 0.25) is 5.82 Å². The fourth-order valence-electron chi connectivity index (χ4n) is 1.77. The zero-order valence-corrected chi connectivity index (χ0v) is 10.5. The molecule has 0 saturated heterocycles. The van der Waals surface area contributed by atoms with Crippen molar-refractivity contribution in [1.29, 1.82) is 0 Å². The molecule has 0 radical (unpaired) electrons. The van der Waals surface area contributed by atoms with Crippen LogP contribution in [-0.2, 0) is 29.0 Å². The van der Waals surface area contributed by atoms with Crippen molar-refractivity contribution in [1.82, 2.24) is 9.78 Å². The summed E-state index contributed by atoms with van der Waals surface area (Å²) in [4.78, 5) is 11.4. The van der Waals surface area contributed by atoms with Crippen LogP contribution < -0.4 is 4.57 Å². The van der Waals surface area contributed by atoms with E-state index in [-0.39, 0.29) is 12.4 Å². The van der Waals surface area contributed by atoms with Crippen molar-refractivity contribution < 1.29 is 14.1 Å². The molecule has 0 atom stereocenters. The normalized spacial score (nSPS) is 10.5. The molecule has 1 rings (SSSR count). The first-order chi connectivity index (χ1) is 7.63. The first-order valence-electron chi connectivity index (χ1n) is 5.75. The van der Waals surface area contributed by atoms with Gasteiger partial charge in [0.1, 0.15) is 13.0 Å². The minimum absolute atomic E-state index is 0.217. The van der Waals surface area contributed by atoms with E-state index in [9.17, 15) is 4.79 Å².